The van der Waals surface area contributed by atoms with Crippen LogP contribution < -0.4 is 14.8 Å². The zero-order valence-corrected chi connectivity index (χ0v) is 17.5. The lowest BCUT2D eigenvalue weighted by molar-refractivity contribution is 0.414. The van der Waals surface area contributed by atoms with Gasteiger partial charge in [0.25, 0.3) is 0 Å². The predicted molar refractivity (Wildman–Crippen MR) is 116 cm³/mol. The number of aromatic nitrogens is 3. The normalized spacial score (nSPS) is 10.6. The van der Waals surface area contributed by atoms with Gasteiger partial charge in [-0.1, -0.05) is 30.0 Å². The smallest absolute Gasteiger partial charge is 0.208 e. The number of benzene rings is 2. The van der Waals surface area contributed by atoms with Gasteiger partial charge in [0.2, 0.25) is 5.13 Å². The van der Waals surface area contributed by atoms with Crippen LogP contribution in [0, 0.1) is 6.92 Å². The van der Waals surface area contributed by atoms with E-state index in [2.05, 4.69) is 19.7 Å². The SMILES string of the molecule is COc1ccc(Sc2cnc(Nc3nc(C)ns3)c(Oc3ccccc3)c2)cc1. The molecule has 4 rings (SSSR count). The van der Waals surface area contributed by atoms with E-state index in [0.717, 1.165) is 27.1 Å². The molecular formula is C21H18N4O2S2. The van der Waals surface area contributed by atoms with E-state index in [9.17, 15) is 0 Å². The molecular weight excluding hydrogens is 404 g/mol. The van der Waals surface area contributed by atoms with Gasteiger partial charge in [-0.25, -0.2) is 9.97 Å². The van der Waals surface area contributed by atoms with E-state index < -0.39 is 0 Å². The number of pyridine rings is 1. The molecule has 8 heteroatoms. The molecule has 6 nitrogen and oxygen atoms in total. The average molecular weight is 423 g/mol. The van der Waals surface area contributed by atoms with E-state index in [4.69, 9.17) is 9.47 Å². The lowest BCUT2D eigenvalue weighted by atomic mass is 10.3. The Morgan fingerprint density at radius 1 is 0.966 bits per heavy atom. The Hall–Kier alpha value is -3.10. The van der Waals surface area contributed by atoms with Crippen molar-refractivity contribution in [1.29, 1.82) is 0 Å². The fourth-order valence-corrected chi connectivity index (χ4v) is 3.89. The lowest BCUT2D eigenvalue weighted by Gasteiger charge is -2.12. The van der Waals surface area contributed by atoms with E-state index in [0.29, 0.717) is 16.7 Å². The van der Waals surface area contributed by atoms with Gasteiger partial charge in [-0.05, 0) is 43.3 Å². The quantitative estimate of drug-likeness (QED) is 0.395. The molecule has 0 radical (unpaired) electrons. The molecule has 0 amide bonds. The number of nitrogens with one attached hydrogen (secondary N) is 1. The molecule has 0 saturated carbocycles. The van der Waals surface area contributed by atoms with E-state index in [1.165, 1.54) is 11.5 Å². The summed E-state index contributed by atoms with van der Waals surface area (Å²) in [6, 6.07) is 19.5. The first kappa shape index (κ1) is 19.2. The van der Waals surface area contributed by atoms with Gasteiger partial charge in [0, 0.05) is 33.6 Å². The van der Waals surface area contributed by atoms with Gasteiger partial charge in [0.1, 0.15) is 17.3 Å². The molecule has 0 aliphatic heterocycles. The molecule has 1 N–H and O–H groups in total. The van der Waals surface area contributed by atoms with Crippen LogP contribution in [0.25, 0.3) is 0 Å². The van der Waals surface area contributed by atoms with E-state index in [1.54, 1.807) is 18.9 Å². The maximum atomic E-state index is 6.10. The second-order valence-corrected chi connectivity index (χ2v) is 7.88. The van der Waals surface area contributed by atoms with Crippen LogP contribution in [0.4, 0.5) is 10.9 Å². The highest BCUT2D eigenvalue weighted by atomic mass is 32.2. The number of nitrogens with zero attached hydrogens (tertiary/aromatic N) is 3. The minimum absolute atomic E-state index is 0.587. The fourth-order valence-electron chi connectivity index (χ4n) is 2.50. The maximum Gasteiger partial charge on any atom is 0.208 e. The number of rotatable bonds is 7. The first-order chi connectivity index (χ1) is 14.2. The second-order valence-electron chi connectivity index (χ2n) is 5.98. The fraction of sp³-hybridized carbons (Fsp3) is 0.0952. The molecule has 29 heavy (non-hydrogen) atoms. The van der Waals surface area contributed by atoms with Gasteiger partial charge in [-0.15, -0.1) is 0 Å². The third-order valence-electron chi connectivity index (χ3n) is 3.85. The van der Waals surface area contributed by atoms with Crippen molar-refractivity contribution in [2.45, 2.75) is 16.7 Å². The third-order valence-corrected chi connectivity index (χ3v) is 5.54. The Labute approximate surface area is 177 Å². The first-order valence-corrected chi connectivity index (χ1v) is 10.4. The number of hydrogen-bond donors (Lipinski definition) is 1. The van der Waals surface area contributed by atoms with Crippen LogP contribution in [0.3, 0.4) is 0 Å². The number of ether oxygens (including phenoxy) is 2. The number of anilines is 2. The minimum Gasteiger partial charge on any atom is -0.497 e. The Morgan fingerprint density at radius 2 is 1.76 bits per heavy atom. The molecule has 0 aliphatic rings. The molecule has 0 fully saturated rings. The van der Waals surface area contributed by atoms with Crippen molar-refractivity contribution >= 4 is 34.2 Å². The van der Waals surface area contributed by atoms with Crippen LogP contribution in [-0.2, 0) is 0 Å². The number of hydrogen-bond acceptors (Lipinski definition) is 8. The van der Waals surface area contributed by atoms with Gasteiger partial charge >= 0.3 is 0 Å². The minimum atomic E-state index is 0.587. The van der Waals surface area contributed by atoms with Crippen LogP contribution in [0.5, 0.6) is 17.2 Å². The van der Waals surface area contributed by atoms with Crippen molar-refractivity contribution in [1.82, 2.24) is 14.3 Å². The van der Waals surface area contributed by atoms with Crippen LogP contribution >= 0.6 is 23.3 Å². The van der Waals surface area contributed by atoms with Gasteiger partial charge in [-0.3, -0.25) is 0 Å². The van der Waals surface area contributed by atoms with Crippen molar-refractivity contribution in [2.75, 3.05) is 12.4 Å². The van der Waals surface area contributed by atoms with Gasteiger partial charge in [0.15, 0.2) is 11.6 Å². The largest absolute Gasteiger partial charge is 0.497 e. The van der Waals surface area contributed by atoms with Crippen molar-refractivity contribution in [3.8, 4) is 17.2 Å². The molecule has 2 aromatic carbocycles. The summed E-state index contributed by atoms with van der Waals surface area (Å²) < 4.78 is 15.5. The van der Waals surface area contributed by atoms with E-state index in [-0.39, 0.29) is 0 Å². The Morgan fingerprint density at radius 3 is 2.45 bits per heavy atom. The first-order valence-electron chi connectivity index (χ1n) is 8.82. The van der Waals surface area contributed by atoms with Gasteiger partial charge in [-0.2, -0.15) is 4.37 Å². The standard InChI is InChI=1S/C21H18N4O2S2/c1-14-23-21(29-25-14)24-20-19(27-16-6-4-3-5-7-16)12-18(13-22-20)28-17-10-8-15(26-2)9-11-17/h3-13H,1-2H3,(H,22,23,24,25). The van der Waals surface area contributed by atoms with Crippen LogP contribution in [0.1, 0.15) is 5.82 Å². The number of methoxy groups -OCH3 is 1. The van der Waals surface area contributed by atoms with Crippen molar-refractivity contribution in [2.24, 2.45) is 0 Å². The van der Waals surface area contributed by atoms with Gasteiger partial charge in [0.05, 0.1) is 7.11 Å². The summed E-state index contributed by atoms with van der Waals surface area (Å²) in [5.41, 5.74) is 0. The Kier molecular flexibility index (Phi) is 5.92. The second kappa shape index (κ2) is 8.93. The molecule has 0 aliphatic carbocycles. The monoisotopic (exact) mass is 422 g/mol. The van der Waals surface area contributed by atoms with E-state index >= 15 is 0 Å². The summed E-state index contributed by atoms with van der Waals surface area (Å²) in [6.45, 7) is 1.85. The predicted octanol–water partition coefficient (Wildman–Crippen LogP) is 5.94. The van der Waals surface area contributed by atoms with Crippen LogP contribution in [0.15, 0.2) is 76.7 Å². The Balaban J connectivity index is 1.61. The summed E-state index contributed by atoms with van der Waals surface area (Å²) in [5, 5.41) is 3.87. The summed E-state index contributed by atoms with van der Waals surface area (Å²) >= 11 is 2.88. The molecule has 2 aromatic heterocycles. The maximum absolute atomic E-state index is 6.10. The topological polar surface area (TPSA) is 69.2 Å². The number of para-hydroxylation sites is 1. The molecule has 146 valence electrons. The summed E-state index contributed by atoms with van der Waals surface area (Å²) in [5.74, 6) is 3.48. The molecule has 2 heterocycles. The number of aryl methyl sites for hydroxylation is 1. The summed E-state index contributed by atoms with van der Waals surface area (Å²) in [6.07, 6.45) is 1.81. The summed E-state index contributed by atoms with van der Waals surface area (Å²) in [7, 11) is 1.66. The molecule has 4 aromatic rings. The Bertz CT molecular complexity index is 1090. The van der Waals surface area contributed by atoms with Crippen molar-refractivity contribution < 1.29 is 9.47 Å². The summed E-state index contributed by atoms with van der Waals surface area (Å²) in [4.78, 5) is 11.0. The highest BCUT2D eigenvalue weighted by Crippen LogP contribution is 2.36. The molecule has 0 spiro atoms. The van der Waals surface area contributed by atoms with E-state index in [1.807, 2.05) is 73.8 Å². The average Bonchev–Trinajstić information content (AvgIpc) is 3.16. The zero-order chi connectivity index (χ0) is 20.1. The van der Waals surface area contributed by atoms with Gasteiger partial charge < -0.3 is 14.8 Å². The highest BCUT2D eigenvalue weighted by molar-refractivity contribution is 7.99. The van der Waals surface area contributed by atoms with Crippen molar-refractivity contribution in [3.63, 3.8) is 0 Å². The lowest BCUT2D eigenvalue weighted by Crippen LogP contribution is -1.97. The van der Waals surface area contributed by atoms with Crippen molar-refractivity contribution in [3.05, 3.63) is 72.7 Å². The van der Waals surface area contributed by atoms with Crippen LogP contribution in [0.2, 0.25) is 0 Å². The highest BCUT2D eigenvalue weighted by Gasteiger charge is 2.12. The molecule has 0 unspecified atom stereocenters. The zero-order valence-electron chi connectivity index (χ0n) is 15.8. The molecule has 0 atom stereocenters. The third kappa shape index (κ3) is 5.04. The van der Waals surface area contributed by atoms with Crippen LogP contribution in [-0.4, -0.2) is 21.5 Å². The molecule has 0 bridgehead atoms. The molecule has 0 saturated heterocycles.